The molecule has 1 aliphatic heterocycles. The number of benzene rings is 2. The summed E-state index contributed by atoms with van der Waals surface area (Å²) >= 11 is 0.986. The van der Waals surface area contributed by atoms with Crippen molar-refractivity contribution < 1.29 is 24.5 Å². The number of Topliss-reactive ketones (excluding diaryl/α,β-unsaturated/α-hetero) is 1. The van der Waals surface area contributed by atoms with Gasteiger partial charge in [-0.05, 0) is 41.2 Å². The lowest BCUT2D eigenvalue weighted by atomic mass is 9.80. The number of aromatic nitrogens is 1. The maximum absolute atomic E-state index is 13.1. The number of hydrogen-bond acceptors (Lipinski definition) is 7. The molecule has 0 saturated heterocycles. The summed E-state index contributed by atoms with van der Waals surface area (Å²) in [6.07, 6.45) is 0.582. The zero-order chi connectivity index (χ0) is 25.5. The Morgan fingerprint density at radius 2 is 1.83 bits per heavy atom. The number of H-pyrrole nitrogens is 1. The van der Waals surface area contributed by atoms with E-state index in [0.29, 0.717) is 28.4 Å². The molecule has 0 aliphatic carbocycles. The molecule has 0 fully saturated rings. The highest BCUT2D eigenvalue weighted by atomic mass is 32.1. The van der Waals surface area contributed by atoms with E-state index >= 15 is 0 Å². The Balaban J connectivity index is 1.53. The van der Waals surface area contributed by atoms with Crippen molar-refractivity contribution in [1.29, 1.82) is 0 Å². The number of fused-ring (bicyclic) bond motifs is 1. The number of carbonyl (C=O) groups is 1. The number of nitrogens with one attached hydrogen (secondary N) is 1. The number of ether oxygens (including phenoxy) is 2. The molecule has 4 rings (SSSR count). The third-order valence-corrected chi connectivity index (χ3v) is 7.37. The average molecular weight is 498 g/mol. The second-order valence-electron chi connectivity index (χ2n) is 10.4. The number of carbonyl (C=O) groups excluding carboxylic acids is 1. The number of ketones is 1. The van der Waals surface area contributed by atoms with Gasteiger partial charge in [-0.2, -0.15) is 0 Å². The van der Waals surface area contributed by atoms with Crippen LogP contribution in [-0.4, -0.2) is 33.2 Å². The first-order valence-electron chi connectivity index (χ1n) is 11.6. The molecule has 0 amide bonds. The SMILES string of the molecule is CC(C)C1(COc2ccc(Cc3sc(=O)[nH]c3O)cc2)CC(=O)c2cc(O)c(C(C)(C)C)cc2O1. The van der Waals surface area contributed by atoms with Crippen molar-refractivity contribution in [2.75, 3.05) is 6.61 Å². The van der Waals surface area contributed by atoms with Crippen molar-refractivity contribution in [3.8, 4) is 23.1 Å². The lowest BCUT2D eigenvalue weighted by molar-refractivity contribution is -0.0283. The average Bonchev–Trinajstić information content (AvgIpc) is 3.09. The zero-order valence-corrected chi connectivity index (χ0v) is 21.4. The van der Waals surface area contributed by atoms with Gasteiger partial charge in [0.2, 0.25) is 5.88 Å². The highest BCUT2D eigenvalue weighted by Gasteiger charge is 2.45. The quantitative estimate of drug-likeness (QED) is 0.433. The first-order chi connectivity index (χ1) is 16.4. The minimum atomic E-state index is -0.849. The molecule has 1 aliphatic rings. The summed E-state index contributed by atoms with van der Waals surface area (Å²) in [7, 11) is 0. The first-order valence-corrected chi connectivity index (χ1v) is 12.4. The van der Waals surface area contributed by atoms with Gasteiger partial charge in [-0.25, -0.2) is 0 Å². The number of phenols is 1. The number of aromatic hydroxyl groups is 2. The van der Waals surface area contributed by atoms with Crippen LogP contribution < -0.4 is 14.3 Å². The molecule has 2 aromatic carbocycles. The normalized spacial score (nSPS) is 17.8. The predicted molar refractivity (Wildman–Crippen MR) is 135 cm³/mol. The van der Waals surface area contributed by atoms with Crippen LogP contribution in [0.3, 0.4) is 0 Å². The lowest BCUT2D eigenvalue weighted by Gasteiger charge is -2.41. The van der Waals surface area contributed by atoms with Gasteiger partial charge in [0.05, 0.1) is 16.9 Å². The minimum Gasteiger partial charge on any atom is -0.508 e. The molecule has 186 valence electrons. The summed E-state index contributed by atoms with van der Waals surface area (Å²) in [6.45, 7) is 10.2. The van der Waals surface area contributed by atoms with E-state index in [4.69, 9.17) is 9.47 Å². The van der Waals surface area contributed by atoms with Crippen LogP contribution >= 0.6 is 11.3 Å². The molecule has 0 spiro atoms. The van der Waals surface area contributed by atoms with Gasteiger partial charge in [0.25, 0.3) is 0 Å². The number of thiazole rings is 1. The molecule has 1 atom stereocenters. The van der Waals surface area contributed by atoms with E-state index < -0.39 is 5.60 Å². The first kappa shape index (κ1) is 24.9. The smallest absolute Gasteiger partial charge is 0.307 e. The van der Waals surface area contributed by atoms with E-state index in [9.17, 15) is 19.8 Å². The zero-order valence-electron chi connectivity index (χ0n) is 20.6. The van der Waals surface area contributed by atoms with Crippen molar-refractivity contribution in [2.24, 2.45) is 5.92 Å². The summed E-state index contributed by atoms with van der Waals surface area (Å²) in [5, 5.41) is 20.3. The Kier molecular flexibility index (Phi) is 6.44. The van der Waals surface area contributed by atoms with E-state index in [1.807, 2.05) is 58.9 Å². The fourth-order valence-corrected chi connectivity index (χ4v) is 4.99. The molecule has 35 heavy (non-hydrogen) atoms. The van der Waals surface area contributed by atoms with Crippen LogP contribution in [0.1, 0.15) is 67.4 Å². The third-order valence-electron chi connectivity index (χ3n) is 6.50. The second-order valence-corrected chi connectivity index (χ2v) is 11.5. The number of phenolic OH excluding ortho intramolecular Hbond substituents is 1. The van der Waals surface area contributed by atoms with Crippen LogP contribution in [0.25, 0.3) is 0 Å². The van der Waals surface area contributed by atoms with Gasteiger partial charge in [0.15, 0.2) is 11.4 Å². The highest BCUT2D eigenvalue weighted by molar-refractivity contribution is 7.09. The van der Waals surface area contributed by atoms with Gasteiger partial charge in [-0.15, -0.1) is 0 Å². The number of rotatable bonds is 6. The van der Waals surface area contributed by atoms with E-state index in [2.05, 4.69) is 4.98 Å². The maximum atomic E-state index is 13.1. The largest absolute Gasteiger partial charge is 0.508 e. The van der Waals surface area contributed by atoms with Gasteiger partial charge >= 0.3 is 4.87 Å². The molecule has 3 N–H and O–H groups in total. The summed E-state index contributed by atoms with van der Waals surface area (Å²) in [4.78, 5) is 27.1. The van der Waals surface area contributed by atoms with Crippen molar-refractivity contribution in [2.45, 2.75) is 58.5 Å². The summed E-state index contributed by atoms with van der Waals surface area (Å²) in [5.74, 6) is 1.01. The molecule has 1 unspecified atom stereocenters. The highest BCUT2D eigenvalue weighted by Crippen LogP contribution is 2.43. The third kappa shape index (κ3) is 5.07. The Hall–Kier alpha value is -3.26. The second kappa shape index (κ2) is 9.07. The van der Waals surface area contributed by atoms with Gasteiger partial charge in [-0.3, -0.25) is 14.6 Å². The van der Waals surface area contributed by atoms with Crippen molar-refractivity contribution in [3.05, 3.63) is 67.6 Å². The predicted octanol–water partition coefficient (Wildman–Crippen LogP) is 5.17. The fraction of sp³-hybridized carbons (Fsp3) is 0.407. The number of aromatic amines is 1. The van der Waals surface area contributed by atoms with Crippen LogP contribution in [-0.2, 0) is 11.8 Å². The van der Waals surface area contributed by atoms with Crippen molar-refractivity contribution in [3.63, 3.8) is 0 Å². The fourth-order valence-electron chi connectivity index (χ4n) is 4.23. The number of hydrogen-bond donors (Lipinski definition) is 3. The van der Waals surface area contributed by atoms with Crippen LogP contribution in [0.2, 0.25) is 0 Å². The van der Waals surface area contributed by atoms with Gasteiger partial charge in [0, 0.05) is 12.0 Å². The van der Waals surface area contributed by atoms with Gasteiger partial charge in [-0.1, -0.05) is 58.1 Å². The van der Waals surface area contributed by atoms with Gasteiger partial charge in [0.1, 0.15) is 23.9 Å². The molecule has 0 radical (unpaired) electrons. The van der Waals surface area contributed by atoms with Crippen molar-refractivity contribution in [1.82, 2.24) is 4.98 Å². The van der Waals surface area contributed by atoms with Crippen LogP contribution in [0.4, 0.5) is 0 Å². The Bertz CT molecular complexity index is 1300. The lowest BCUT2D eigenvalue weighted by Crippen LogP contribution is -2.51. The van der Waals surface area contributed by atoms with Crippen LogP contribution in [0.5, 0.6) is 23.1 Å². The Labute approximate surface area is 208 Å². The van der Waals surface area contributed by atoms with E-state index in [-0.39, 0.29) is 46.6 Å². The molecular weight excluding hydrogens is 466 g/mol. The summed E-state index contributed by atoms with van der Waals surface area (Å²) < 4.78 is 12.6. The van der Waals surface area contributed by atoms with Crippen LogP contribution in [0.15, 0.2) is 41.2 Å². The Morgan fingerprint density at radius 1 is 1.14 bits per heavy atom. The minimum absolute atomic E-state index is 0.00916. The molecule has 7 nitrogen and oxygen atoms in total. The molecular formula is C27H31NO6S. The van der Waals surface area contributed by atoms with E-state index in [0.717, 1.165) is 22.5 Å². The molecule has 2 heterocycles. The molecule has 0 bridgehead atoms. The Morgan fingerprint density at radius 3 is 2.40 bits per heavy atom. The molecule has 8 heteroatoms. The molecule has 0 saturated carbocycles. The topological polar surface area (TPSA) is 109 Å². The molecule has 3 aromatic rings. The van der Waals surface area contributed by atoms with E-state index in [1.54, 1.807) is 6.07 Å². The maximum Gasteiger partial charge on any atom is 0.307 e. The van der Waals surface area contributed by atoms with Crippen LogP contribution in [0, 0.1) is 5.92 Å². The molecule has 1 aromatic heterocycles. The monoisotopic (exact) mass is 497 g/mol. The van der Waals surface area contributed by atoms with Gasteiger partial charge < -0.3 is 19.7 Å². The summed E-state index contributed by atoms with van der Waals surface area (Å²) in [6, 6.07) is 10.7. The standard InChI is InChI=1S/C27H31NO6S/c1-15(2)27(13-21(30)18-11-20(29)19(26(3,4)5)12-22(18)34-27)14-33-17-8-6-16(7-9-17)10-23-24(31)28-25(32)35-23/h6-9,11-12,15,29,31H,10,13-14H2,1-5H3,(H,28,32). The van der Waals surface area contributed by atoms with E-state index in [1.165, 1.54) is 6.07 Å². The summed E-state index contributed by atoms with van der Waals surface area (Å²) in [5.41, 5.74) is 0.881. The van der Waals surface area contributed by atoms with Crippen molar-refractivity contribution >= 4 is 17.1 Å².